The largest absolute Gasteiger partial charge is 0.383 e. The van der Waals surface area contributed by atoms with Gasteiger partial charge in [0.15, 0.2) is 11.0 Å². The minimum atomic E-state index is 0.0893. The van der Waals surface area contributed by atoms with E-state index in [9.17, 15) is 4.79 Å². The molecule has 110 valence electrons. The van der Waals surface area contributed by atoms with Gasteiger partial charge in [-0.2, -0.15) is 0 Å². The first kappa shape index (κ1) is 14.8. The molecule has 1 amide bonds. The average Bonchev–Trinajstić information content (AvgIpc) is 2.47. The van der Waals surface area contributed by atoms with Crippen molar-refractivity contribution in [3.8, 4) is 0 Å². The molecule has 1 aliphatic rings. The molecule has 20 heavy (non-hydrogen) atoms. The van der Waals surface area contributed by atoms with Gasteiger partial charge in [0.25, 0.3) is 0 Å². The molecule has 1 fully saturated rings. The molecule has 1 atom stereocenters. The standard InChI is InChI=1S/C13H20ClN5O/c1-3-10(20)18-9-5-4-6-19(7-9)13-11(15-2)12(14)16-8-17-13/h8-9,15H,3-7H2,1-2H3,(H,18,20). The maximum absolute atomic E-state index is 11.5. The normalized spacial score (nSPS) is 18.8. The summed E-state index contributed by atoms with van der Waals surface area (Å²) in [7, 11) is 1.80. The van der Waals surface area contributed by atoms with Crippen molar-refractivity contribution in [1.29, 1.82) is 0 Å². The molecule has 1 saturated heterocycles. The number of carbonyl (C=O) groups excluding carboxylic acids is 1. The number of carbonyl (C=O) groups is 1. The molecule has 0 saturated carbocycles. The number of aromatic nitrogens is 2. The van der Waals surface area contributed by atoms with Crippen LogP contribution in [-0.2, 0) is 4.79 Å². The highest BCUT2D eigenvalue weighted by Gasteiger charge is 2.24. The molecule has 1 aliphatic heterocycles. The number of nitrogens with zero attached hydrogens (tertiary/aromatic N) is 3. The Kier molecular flexibility index (Phi) is 5.00. The third-order valence-corrected chi connectivity index (χ3v) is 3.72. The van der Waals surface area contributed by atoms with Crippen LogP contribution in [0.3, 0.4) is 0 Å². The van der Waals surface area contributed by atoms with Crippen LogP contribution in [0.5, 0.6) is 0 Å². The van der Waals surface area contributed by atoms with Gasteiger partial charge in [-0.05, 0) is 12.8 Å². The van der Waals surface area contributed by atoms with E-state index in [4.69, 9.17) is 11.6 Å². The number of hydrogen-bond donors (Lipinski definition) is 2. The molecule has 1 unspecified atom stereocenters. The fourth-order valence-corrected chi connectivity index (χ4v) is 2.65. The van der Waals surface area contributed by atoms with Crippen molar-refractivity contribution in [1.82, 2.24) is 15.3 Å². The molecular weight excluding hydrogens is 278 g/mol. The lowest BCUT2D eigenvalue weighted by molar-refractivity contribution is -0.121. The number of nitrogens with one attached hydrogen (secondary N) is 2. The van der Waals surface area contributed by atoms with Crippen LogP contribution < -0.4 is 15.5 Å². The lowest BCUT2D eigenvalue weighted by atomic mass is 10.1. The molecule has 2 rings (SSSR count). The van der Waals surface area contributed by atoms with Crippen LogP contribution in [0.1, 0.15) is 26.2 Å². The SMILES string of the molecule is CCC(=O)NC1CCCN(c2ncnc(Cl)c2NC)C1. The van der Waals surface area contributed by atoms with Gasteiger partial charge >= 0.3 is 0 Å². The van der Waals surface area contributed by atoms with Crippen LogP contribution in [0.2, 0.25) is 5.15 Å². The molecule has 1 aromatic rings. The summed E-state index contributed by atoms with van der Waals surface area (Å²) in [6.07, 6.45) is 3.99. The zero-order valence-corrected chi connectivity index (χ0v) is 12.6. The van der Waals surface area contributed by atoms with Crippen LogP contribution in [0, 0.1) is 0 Å². The topological polar surface area (TPSA) is 70.2 Å². The second kappa shape index (κ2) is 6.74. The minimum absolute atomic E-state index is 0.0893. The summed E-state index contributed by atoms with van der Waals surface area (Å²) in [5, 5.41) is 6.50. The second-order valence-corrected chi connectivity index (χ2v) is 5.18. The third kappa shape index (κ3) is 3.30. The number of rotatable bonds is 4. The fourth-order valence-electron chi connectivity index (χ4n) is 2.43. The summed E-state index contributed by atoms with van der Waals surface area (Å²) in [6.45, 7) is 3.51. The summed E-state index contributed by atoms with van der Waals surface area (Å²) >= 11 is 6.08. The molecule has 0 radical (unpaired) electrons. The van der Waals surface area contributed by atoms with Crippen molar-refractivity contribution >= 4 is 29.0 Å². The van der Waals surface area contributed by atoms with Gasteiger partial charge in [-0.15, -0.1) is 0 Å². The first-order valence-electron chi connectivity index (χ1n) is 6.88. The van der Waals surface area contributed by atoms with E-state index in [2.05, 4.69) is 25.5 Å². The first-order valence-corrected chi connectivity index (χ1v) is 7.26. The van der Waals surface area contributed by atoms with Crippen molar-refractivity contribution in [3.63, 3.8) is 0 Å². The highest BCUT2D eigenvalue weighted by atomic mass is 35.5. The number of amides is 1. The molecule has 2 heterocycles. The van der Waals surface area contributed by atoms with E-state index in [0.717, 1.165) is 37.4 Å². The number of anilines is 2. The maximum atomic E-state index is 11.5. The van der Waals surface area contributed by atoms with Crippen molar-refractivity contribution in [2.45, 2.75) is 32.2 Å². The summed E-state index contributed by atoms with van der Waals surface area (Å²) in [6, 6.07) is 0.162. The van der Waals surface area contributed by atoms with Crippen LogP contribution in [0.25, 0.3) is 0 Å². The second-order valence-electron chi connectivity index (χ2n) is 4.82. The Morgan fingerprint density at radius 2 is 2.35 bits per heavy atom. The van der Waals surface area contributed by atoms with Gasteiger partial charge in [0.2, 0.25) is 5.91 Å². The quantitative estimate of drug-likeness (QED) is 0.827. The van der Waals surface area contributed by atoms with Gasteiger partial charge in [-0.25, -0.2) is 9.97 Å². The third-order valence-electron chi connectivity index (χ3n) is 3.44. The van der Waals surface area contributed by atoms with Crippen LogP contribution in [0.15, 0.2) is 6.33 Å². The van der Waals surface area contributed by atoms with Gasteiger partial charge in [-0.1, -0.05) is 18.5 Å². The number of hydrogen-bond acceptors (Lipinski definition) is 5. The van der Waals surface area contributed by atoms with Gasteiger partial charge < -0.3 is 15.5 Å². The highest BCUT2D eigenvalue weighted by molar-refractivity contribution is 6.32. The zero-order chi connectivity index (χ0) is 14.5. The van der Waals surface area contributed by atoms with Gasteiger partial charge in [0.1, 0.15) is 12.0 Å². The summed E-state index contributed by atoms with van der Waals surface area (Å²) in [4.78, 5) is 22.0. The lowest BCUT2D eigenvalue weighted by Gasteiger charge is -2.34. The van der Waals surface area contributed by atoms with E-state index in [0.29, 0.717) is 11.6 Å². The Bertz CT molecular complexity index is 482. The van der Waals surface area contributed by atoms with E-state index in [1.165, 1.54) is 6.33 Å². The molecular formula is C13H20ClN5O. The predicted molar refractivity (Wildman–Crippen MR) is 80.3 cm³/mol. The van der Waals surface area contributed by atoms with Crippen molar-refractivity contribution in [3.05, 3.63) is 11.5 Å². The van der Waals surface area contributed by atoms with Crippen molar-refractivity contribution in [2.75, 3.05) is 30.4 Å². The predicted octanol–water partition coefficient (Wildman–Crippen LogP) is 1.67. The Hall–Kier alpha value is -1.56. The van der Waals surface area contributed by atoms with Crippen molar-refractivity contribution < 1.29 is 4.79 Å². The van der Waals surface area contributed by atoms with E-state index in [1.807, 2.05) is 6.92 Å². The molecule has 1 aromatic heterocycles. The highest BCUT2D eigenvalue weighted by Crippen LogP contribution is 2.30. The lowest BCUT2D eigenvalue weighted by Crippen LogP contribution is -2.48. The van der Waals surface area contributed by atoms with Gasteiger partial charge in [0, 0.05) is 32.6 Å². The molecule has 0 aliphatic carbocycles. The van der Waals surface area contributed by atoms with Crippen LogP contribution >= 0.6 is 11.6 Å². The fraction of sp³-hybridized carbons (Fsp3) is 0.615. The summed E-state index contributed by atoms with van der Waals surface area (Å²) in [5.74, 6) is 0.884. The monoisotopic (exact) mass is 297 g/mol. The Morgan fingerprint density at radius 3 is 3.05 bits per heavy atom. The molecule has 7 heteroatoms. The molecule has 2 N–H and O–H groups in total. The van der Waals surface area contributed by atoms with Crippen LogP contribution in [-0.4, -0.2) is 42.1 Å². The van der Waals surface area contributed by atoms with E-state index in [1.54, 1.807) is 7.05 Å². The van der Waals surface area contributed by atoms with Crippen molar-refractivity contribution in [2.24, 2.45) is 0 Å². The van der Waals surface area contributed by atoms with E-state index >= 15 is 0 Å². The van der Waals surface area contributed by atoms with E-state index in [-0.39, 0.29) is 11.9 Å². The summed E-state index contributed by atoms with van der Waals surface area (Å²) < 4.78 is 0. The van der Waals surface area contributed by atoms with E-state index < -0.39 is 0 Å². The summed E-state index contributed by atoms with van der Waals surface area (Å²) in [5.41, 5.74) is 0.733. The molecule has 0 aromatic carbocycles. The first-order chi connectivity index (χ1) is 9.65. The zero-order valence-electron chi connectivity index (χ0n) is 11.8. The molecule has 0 spiro atoms. The minimum Gasteiger partial charge on any atom is -0.383 e. The van der Waals surface area contributed by atoms with Gasteiger partial charge in [0.05, 0.1) is 0 Å². The number of halogens is 1. The Labute approximate surface area is 123 Å². The Morgan fingerprint density at radius 1 is 1.55 bits per heavy atom. The average molecular weight is 298 g/mol. The number of piperidine rings is 1. The molecule has 0 bridgehead atoms. The smallest absolute Gasteiger partial charge is 0.219 e. The van der Waals surface area contributed by atoms with Gasteiger partial charge in [-0.3, -0.25) is 4.79 Å². The Balaban J connectivity index is 2.13. The van der Waals surface area contributed by atoms with Crippen LogP contribution in [0.4, 0.5) is 11.5 Å². The molecule has 6 nitrogen and oxygen atoms in total. The maximum Gasteiger partial charge on any atom is 0.219 e.